The van der Waals surface area contributed by atoms with Crippen molar-refractivity contribution in [1.29, 1.82) is 0 Å². The number of amides is 1. The number of hydrogen-bond donors (Lipinski definition) is 1. The van der Waals surface area contributed by atoms with E-state index in [2.05, 4.69) is 10.5 Å². The first-order valence-corrected chi connectivity index (χ1v) is 8.93. The Morgan fingerprint density at radius 3 is 2.57 bits per heavy atom. The van der Waals surface area contributed by atoms with Crippen LogP contribution in [-0.4, -0.2) is 36.8 Å². The van der Waals surface area contributed by atoms with E-state index in [0.717, 1.165) is 11.1 Å². The molecule has 2 aromatic rings. The third-order valence-electron chi connectivity index (χ3n) is 4.43. The lowest BCUT2D eigenvalue weighted by atomic mass is 10.0. The molecule has 1 aliphatic heterocycles. The number of benzene rings is 2. The molecule has 0 aliphatic carbocycles. The molecule has 6 nitrogen and oxygen atoms in total. The van der Waals surface area contributed by atoms with Gasteiger partial charge in [0.1, 0.15) is 11.9 Å². The largest absolute Gasteiger partial charge is 0.467 e. The molecule has 0 unspecified atom stereocenters. The molecule has 1 heterocycles. The van der Waals surface area contributed by atoms with Crippen LogP contribution >= 0.6 is 0 Å². The van der Waals surface area contributed by atoms with Crippen molar-refractivity contribution >= 4 is 17.6 Å². The average Bonchev–Trinajstić information content (AvgIpc) is 3.18. The molecule has 2 aromatic carbocycles. The van der Waals surface area contributed by atoms with Crippen LogP contribution in [-0.2, 0) is 32.0 Å². The number of halogens is 1. The van der Waals surface area contributed by atoms with Crippen molar-refractivity contribution in [3.05, 3.63) is 71.5 Å². The molecule has 0 spiro atoms. The highest BCUT2D eigenvalue weighted by Gasteiger charge is 2.31. The van der Waals surface area contributed by atoms with Gasteiger partial charge in [-0.15, -0.1) is 0 Å². The number of hydrogen-bond acceptors (Lipinski definition) is 5. The fourth-order valence-electron chi connectivity index (χ4n) is 2.96. The Morgan fingerprint density at radius 1 is 1.18 bits per heavy atom. The normalized spacial score (nSPS) is 16.6. The number of nitrogens with zero attached hydrogens (tertiary/aromatic N) is 1. The molecule has 1 amide bonds. The van der Waals surface area contributed by atoms with Gasteiger partial charge in [-0.3, -0.25) is 4.79 Å². The molecule has 146 valence electrons. The molecule has 28 heavy (non-hydrogen) atoms. The van der Waals surface area contributed by atoms with Crippen LogP contribution in [0.15, 0.2) is 59.8 Å². The molecule has 1 N–H and O–H groups in total. The topological polar surface area (TPSA) is 77.0 Å². The molecule has 0 aromatic heterocycles. The minimum Gasteiger partial charge on any atom is -0.467 e. The minimum absolute atomic E-state index is 0.308. The second kappa shape index (κ2) is 9.12. The van der Waals surface area contributed by atoms with Crippen LogP contribution in [0.3, 0.4) is 0 Å². The van der Waals surface area contributed by atoms with E-state index in [9.17, 15) is 14.0 Å². The van der Waals surface area contributed by atoms with E-state index in [0.29, 0.717) is 25.0 Å². The Kier molecular flexibility index (Phi) is 6.37. The molecule has 1 aliphatic rings. The van der Waals surface area contributed by atoms with Crippen LogP contribution in [0.4, 0.5) is 4.39 Å². The van der Waals surface area contributed by atoms with Gasteiger partial charge in [0.15, 0.2) is 0 Å². The molecule has 0 fully saturated rings. The van der Waals surface area contributed by atoms with Gasteiger partial charge >= 0.3 is 5.97 Å². The number of nitrogens with one attached hydrogen (secondary N) is 1. The Morgan fingerprint density at radius 2 is 1.89 bits per heavy atom. The first-order valence-electron chi connectivity index (χ1n) is 8.93. The lowest BCUT2D eigenvalue weighted by Crippen LogP contribution is -2.47. The van der Waals surface area contributed by atoms with E-state index >= 15 is 0 Å². The lowest BCUT2D eigenvalue weighted by molar-refractivity contribution is -0.146. The summed E-state index contributed by atoms with van der Waals surface area (Å²) in [7, 11) is 1.28. The Bertz CT molecular complexity index is 852. The Balaban J connectivity index is 1.57. The summed E-state index contributed by atoms with van der Waals surface area (Å²) < 4.78 is 17.8. The summed E-state index contributed by atoms with van der Waals surface area (Å²) in [5.74, 6) is -1.26. The maximum atomic E-state index is 13.0. The van der Waals surface area contributed by atoms with Crippen molar-refractivity contribution in [2.24, 2.45) is 5.16 Å². The van der Waals surface area contributed by atoms with Gasteiger partial charge in [0.2, 0.25) is 6.10 Å². The Labute approximate surface area is 162 Å². The van der Waals surface area contributed by atoms with Crippen molar-refractivity contribution in [1.82, 2.24) is 5.32 Å². The standard InChI is InChI=1S/C21H21FN2O4/c1-27-21(26)18(12-14-5-3-2-4-6-14)23-20(25)19-13-17(24-28-19)11-15-7-9-16(22)10-8-15/h2-10,18-19H,11-13H2,1H3,(H,23,25)/t18-,19+/m0/s1. The zero-order valence-electron chi connectivity index (χ0n) is 15.4. The van der Waals surface area contributed by atoms with Crippen molar-refractivity contribution in [3.8, 4) is 0 Å². The SMILES string of the molecule is COC(=O)[C@H](Cc1ccccc1)NC(=O)[C@H]1CC(Cc2ccc(F)cc2)=NO1. The zero-order valence-corrected chi connectivity index (χ0v) is 15.4. The summed E-state index contributed by atoms with van der Waals surface area (Å²) in [6.07, 6.45) is 0.282. The van der Waals surface area contributed by atoms with Crippen LogP contribution in [0.2, 0.25) is 0 Å². The van der Waals surface area contributed by atoms with Gasteiger partial charge in [-0.05, 0) is 23.3 Å². The number of esters is 1. The zero-order chi connectivity index (χ0) is 19.9. The molecule has 0 radical (unpaired) electrons. The Hall–Kier alpha value is -3.22. The summed E-state index contributed by atoms with van der Waals surface area (Å²) in [6.45, 7) is 0. The second-order valence-electron chi connectivity index (χ2n) is 6.53. The third-order valence-corrected chi connectivity index (χ3v) is 4.43. The molecular formula is C21H21FN2O4. The van der Waals surface area contributed by atoms with Gasteiger partial charge in [-0.1, -0.05) is 47.6 Å². The lowest BCUT2D eigenvalue weighted by Gasteiger charge is -2.18. The summed E-state index contributed by atoms with van der Waals surface area (Å²) in [4.78, 5) is 29.8. The minimum atomic E-state index is -0.815. The van der Waals surface area contributed by atoms with Crippen LogP contribution in [0.5, 0.6) is 0 Å². The summed E-state index contributed by atoms with van der Waals surface area (Å²) >= 11 is 0. The predicted octanol–water partition coefficient (Wildman–Crippen LogP) is 2.41. The number of carbonyl (C=O) groups is 2. The first kappa shape index (κ1) is 19.5. The highest BCUT2D eigenvalue weighted by atomic mass is 19.1. The van der Waals surface area contributed by atoms with Gasteiger partial charge < -0.3 is 14.9 Å². The van der Waals surface area contributed by atoms with E-state index in [-0.39, 0.29) is 5.82 Å². The van der Waals surface area contributed by atoms with Gasteiger partial charge in [0.05, 0.1) is 12.8 Å². The number of oxime groups is 1. The van der Waals surface area contributed by atoms with E-state index in [1.54, 1.807) is 12.1 Å². The fraction of sp³-hybridized carbons (Fsp3) is 0.286. The average molecular weight is 384 g/mol. The van der Waals surface area contributed by atoms with Crippen molar-refractivity contribution in [3.63, 3.8) is 0 Å². The van der Waals surface area contributed by atoms with Gasteiger partial charge in [0.25, 0.3) is 5.91 Å². The molecule has 7 heteroatoms. The van der Waals surface area contributed by atoms with Crippen molar-refractivity contribution in [2.45, 2.75) is 31.4 Å². The van der Waals surface area contributed by atoms with Crippen molar-refractivity contribution < 1.29 is 23.6 Å². The molecule has 2 atom stereocenters. The van der Waals surface area contributed by atoms with E-state index in [1.807, 2.05) is 30.3 Å². The van der Waals surface area contributed by atoms with Crippen molar-refractivity contribution in [2.75, 3.05) is 7.11 Å². The van der Waals surface area contributed by atoms with E-state index < -0.39 is 24.0 Å². The second-order valence-corrected chi connectivity index (χ2v) is 6.53. The number of ether oxygens (including phenoxy) is 1. The van der Waals surface area contributed by atoms with Crippen LogP contribution in [0.1, 0.15) is 17.5 Å². The van der Waals surface area contributed by atoms with Crippen LogP contribution < -0.4 is 5.32 Å². The fourth-order valence-corrected chi connectivity index (χ4v) is 2.96. The van der Waals surface area contributed by atoms with E-state index in [1.165, 1.54) is 19.2 Å². The number of carbonyl (C=O) groups excluding carboxylic acids is 2. The molecule has 0 saturated carbocycles. The highest BCUT2D eigenvalue weighted by molar-refractivity contribution is 5.95. The maximum Gasteiger partial charge on any atom is 0.328 e. The van der Waals surface area contributed by atoms with Crippen LogP contribution in [0.25, 0.3) is 0 Å². The summed E-state index contributed by atoms with van der Waals surface area (Å²) in [5.41, 5.74) is 2.46. The first-order chi connectivity index (χ1) is 13.5. The molecular weight excluding hydrogens is 363 g/mol. The van der Waals surface area contributed by atoms with E-state index in [4.69, 9.17) is 9.57 Å². The summed E-state index contributed by atoms with van der Waals surface area (Å²) in [5, 5.41) is 6.65. The third kappa shape index (κ3) is 5.16. The summed E-state index contributed by atoms with van der Waals surface area (Å²) in [6, 6.07) is 14.6. The molecule has 3 rings (SSSR count). The smallest absolute Gasteiger partial charge is 0.328 e. The number of rotatable bonds is 7. The molecule has 0 saturated heterocycles. The predicted molar refractivity (Wildman–Crippen MR) is 101 cm³/mol. The van der Waals surface area contributed by atoms with Gasteiger partial charge in [-0.2, -0.15) is 0 Å². The molecule has 0 bridgehead atoms. The quantitative estimate of drug-likeness (QED) is 0.744. The monoisotopic (exact) mass is 384 g/mol. The number of methoxy groups -OCH3 is 1. The maximum absolute atomic E-state index is 13.0. The van der Waals surface area contributed by atoms with Gasteiger partial charge in [0, 0.05) is 19.3 Å². The van der Waals surface area contributed by atoms with Gasteiger partial charge in [-0.25, -0.2) is 9.18 Å². The van der Waals surface area contributed by atoms with Crippen LogP contribution in [0, 0.1) is 5.82 Å². The highest BCUT2D eigenvalue weighted by Crippen LogP contribution is 2.16.